The predicted molar refractivity (Wildman–Crippen MR) is 461 cm³/mol. The van der Waals surface area contributed by atoms with Crippen molar-refractivity contribution in [3.63, 3.8) is 0 Å². The van der Waals surface area contributed by atoms with Crippen LogP contribution in [-0.2, 0) is 61.1 Å². The van der Waals surface area contributed by atoms with Crippen molar-refractivity contribution in [2.24, 2.45) is 0 Å². The molecule has 5 aromatic carbocycles. The third kappa shape index (κ3) is 23.1. The largest absolute Gasteiger partial charge is 0.598 e. The van der Waals surface area contributed by atoms with E-state index in [0.29, 0.717) is 55.1 Å². The topological polar surface area (TPSA) is 577 Å². The Morgan fingerprint density at radius 2 is 0.916 bits per heavy atom. The summed E-state index contributed by atoms with van der Waals surface area (Å²) < 4.78 is 121. The Balaban J connectivity index is 0.000000161. The lowest BCUT2D eigenvalue weighted by Gasteiger charge is -2.26. The van der Waals surface area contributed by atoms with Gasteiger partial charge in [-0.2, -0.15) is 9.97 Å². The fourth-order valence-electron chi connectivity index (χ4n) is 14.1. The van der Waals surface area contributed by atoms with Gasteiger partial charge in [0.05, 0.1) is 68.6 Å². The van der Waals surface area contributed by atoms with Crippen LogP contribution in [0.5, 0.6) is 28.7 Å². The predicted octanol–water partition coefficient (Wildman–Crippen LogP) is 6.50. The molecule has 0 spiro atoms. The molecule has 19 atom stereocenters. The number of amides is 2. The maximum atomic E-state index is 13.6. The number of anilines is 2. The number of rotatable bonds is 28. The van der Waals surface area contributed by atoms with Gasteiger partial charge < -0.3 is 98.5 Å². The van der Waals surface area contributed by atoms with Crippen molar-refractivity contribution >= 4 is 88.3 Å². The van der Waals surface area contributed by atoms with Gasteiger partial charge >= 0.3 is 68.8 Å². The molecule has 6 aliphatic heterocycles. The molecule has 11 N–H and O–H groups in total. The highest BCUT2D eigenvalue weighted by Gasteiger charge is 2.73. The molecule has 0 radical (unpaired) electrons. The van der Waals surface area contributed by atoms with Crippen LogP contribution in [0.1, 0.15) is 102 Å². The van der Waals surface area contributed by atoms with Gasteiger partial charge in [-0.15, -0.1) is 0 Å². The summed E-state index contributed by atoms with van der Waals surface area (Å²) in [5.74, 6) is -0.147. The number of benzene rings is 5. The fourth-order valence-corrected chi connectivity index (χ4v) is 18.4. The van der Waals surface area contributed by atoms with E-state index >= 15 is 0 Å². The first-order chi connectivity index (χ1) is 62.6. The summed E-state index contributed by atoms with van der Waals surface area (Å²) in [6.45, 7) is 2.60. The molecule has 6 aliphatic rings. The average molecular weight is 1940 g/mol. The summed E-state index contributed by atoms with van der Waals surface area (Å²) in [4.78, 5) is 122. The van der Waals surface area contributed by atoms with Gasteiger partial charge in [-0.25, -0.2) is 19.2 Å². The molecule has 49 heteroatoms. The lowest BCUT2D eigenvalue weighted by atomic mass is 10.1. The molecule has 5 unspecified atom stereocenters. The van der Waals surface area contributed by atoms with Crippen LogP contribution in [-0.4, -0.2) is 217 Å². The second-order valence-corrected chi connectivity index (χ2v) is 35.3. The number of nitrogens with zero attached hydrogens (tertiary/aromatic N) is 6. The summed E-state index contributed by atoms with van der Waals surface area (Å²) in [6.07, 6.45) is -7.12. The SMILES string of the molecule is COc1ccc(C(=O)Nc2ccn([C@@H]3O[C@H](CO)[C@@H](OC(C)=O)[C@H]3OC3CCCO3)c(=O)n2)cc1.COc1ccc(C(=O)Nc2ccn([C@@H]3O[C@H](CO)[C@](O)([P+](=O)Oc4ccccc4Cl)[C@H]3OC3CCCO3)c(=O)n2)cc1.Cc1cn([C@H]2C[C@@](O)([P+](=O)Oc3ccccc3Cl)[C@@H](CO)O2)c(=O)[nH]c1=O.Cc1cn([C@H]2C[C@@](O)([P+](=O)Oc3ccccc3Cl)[C@@H](CO)O2)c(=O)[nH]c1=O. The number of H-pyrrole nitrogens is 2. The highest BCUT2D eigenvalue weighted by atomic mass is 35.5. The molecule has 0 bridgehead atoms. The van der Waals surface area contributed by atoms with Gasteiger partial charge in [0.25, 0.3) is 22.9 Å². The summed E-state index contributed by atoms with van der Waals surface area (Å²) in [6, 6.07) is 34.4. The maximum absolute atomic E-state index is 13.6. The molecule has 2 amide bonds. The molecular weight excluding hydrogens is 1850 g/mol. The van der Waals surface area contributed by atoms with Crippen LogP contribution in [0.15, 0.2) is 187 Å². The number of aromatic amines is 2. The standard InChI is InChI=1S/C27H27ClN3O10P.C23H27N3O9.2C16H16ClN2O7P/c1-37-17-10-8-16(9-11-17)24(33)29-21-12-13-31(26(34)30-21)25-23(40-22-7-4-14-38-22)27(35,20(15-32)39-25)42(36)41-19-6-3-2-5-18(19)28;1-13(28)33-19-16(12-27)34-22(20(19)35-18-4-3-11-32-18)26-10-9-17(25-23(26)30)24-21(29)14-5-7-15(31-2)8-6-14;2*1-9-7-19(15(22)18-14(9)21)13-6-16(23,12(8-20)25-13)27(24)26-11-5-3-2-4-10(11)17/h2-3,5-6,8-13,20,22-23,25,32,35H,4,7,14-15H2,1H3;5-10,16,18-20,22,27H,3-4,11-12H2,1-2H3,(H,24,25,29,30);2*2-5,7,12-13,20,23H,6,8H2,1H3/p+3/t20-,22?,23+,25-,27+;16-,18?,19-,20-,22-;2*12-,13-,16-/m1111/s1. The number of nitrogens with one attached hydrogen (secondary N) is 4. The quantitative estimate of drug-likeness (QED) is 0.0184. The first-order valence-electron chi connectivity index (χ1n) is 40.0. The number of hydrogen-bond donors (Lipinski definition) is 11. The molecule has 0 saturated carbocycles. The molecule has 0 aliphatic carbocycles. The van der Waals surface area contributed by atoms with Gasteiger partial charge in [-0.1, -0.05) is 71.2 Å². The number of aliphatic hydroxyl groups is 7. The Bertz CT molecular complexity index is 5850. The summed E-state index contributed by atoms with van der Waals surface area (Å²) in [5, 5.41) is 71.7. The van der Waals surface area contributed by atoms with E-state index in [1.165, 1.54) is 108 Å². The number of carbonyl (C=O) groups is 3. The highest BCUT2D eigenvalue weighted by Crippen LogP contribution is 2.57. The van der Waals surface area contributed by atoms with Gasteiger partial charge in [0.15, 0.2) is 55.6 Å². The maximum Gasteiger partial charge on any atom is 0.598 e. The molecule has 131 heavy (non-hydrogen) atoms. The second-order valence-electron chi connectivity index (χ2n) is 29.7. The van der Waals surface area contributed by atoms with Crippen molar-refractivity contribution in [2.45, 2.75) is 156 Å². The van der Waals surface area contributed by atoms with Crippen LogP contribution in [0.3, 0.4) is 0 Å². The normalized spacial score (nSPS) is 25.6. The second kappa shape index (κ2) is 44.2. The van der Waals surface area contributed by atoms with E-state index in [9.17, 15) is 92.6 Å². The minimum atomic E-state index is -3.08. The fraction of sp³-hybridized carbons (Fsp3) is 0.402. The Morgan fingerprint density at radius 1 is 0.511 bits per heavy atom. The first-order valence-corrected chi connectivity index (χ1v) is 44.7. The Labute approximate surface area is 759 Å². The lowest BCUT2D eigenvalue weighted by Crippen LogP contribution is -2.49. The Hall–Kier alpha value is -10.8. The molecule has 43 nitrogen and oxygen atoms in total. The molecule has 4 aromatic heterocycles. The molecule has 6 fully saturated rings. The van der Waals surface area contributed by atoms with E-state index in [0.717, 1.165) is 24.7 Å². The number of esters is 1. The van der Waals surface area contributed by atoms with E-state index in [-0.39, 0.29) is 67.9 Å². The Kier molecular flexibility index (Phi) is 33.4. The van der Waals surface area contributed by atoms with Gasteiger partial charge in [0, 0.05) is 80.0 Å². The van der Waals surface area contributed by atoms with E-state index in [4.69, 9.17) is 100 Å². The molecular formula is C82H89Cl3N10O33P3+3. The van der Waals surface area contributed by atoms with Gasteiger partial charge in [0.1, 0.15) is 47.8 Å². The van der Waals surface area contributed by atoms with Crippen molar-refractivity contribution < 1.29 is 130 Å². The lowest BCUT2D eigenvalue weighted by molar-refractivity contribution is -0.191. The molecule has 698 valence electrons. The van der Waals surface area contributed by atoms with Crippen LogP contribution in [0, 0.1) is 13.8 Å². The number of aryl methyl sites for hydroxylation is 2. The van der Waals surface area contributed by atoms with Crippen molar-refractivity contribution in [1.82, 2.24) is 38.2 Å². The third-order valence-electron chi connectivity index (χ3n) is 21.0. The van der Waals surface area contributed by atoms with E-state index < -0.39 is 198 Å². The first kappa shape index (κ1) is 99.2. The molecule has 6 saturated heterocycles. The van der Waals surface area contributed by atoms with Gasteiger partial charge in [-0.05, 0) is 137 Å². The van der Waals surface area contributed by atoms with Crippen molar-refractivity contribution in [3.05, 3.63) is 258 Å². The third-order valence-corrected chi connectivity index (χ3v) is 26.4. The van der Waals surface area contributed by atoms with Crippen molar-refractivity contribution in [3.8, 4) is 28.7 Å². The number of hydrogen-bond acceptors (Lipinski definition) is 35. The van der Waals surface area contributed by atoms with Crippen molar-refractivity contribution in [2.75, 3.05) is 64.5 Å². The summed E-state index contributed by atoms with van der Waals surface area (Å²) >= 11 is 18.1. The van der Waals surface area contributed by atoms with Gasteiger partial charge in [-0.3, -0.25) is 65.8 Å². The monoisotopic (exact) mass is 1940 g/mol. The van der Waals surface area contributed by atoms with Crippen LogP contribution >= 0.6 is 58.9 Å². The van der Waals surface area contributed by atoms with E-state index in [1.807, 2.05) is 0 Å². The molecule has 9 aromatic rings. The number of carbonyl (C=O) groups excluding carboxylic acids is 3. The zero-order valence-electron chi connectivity index (χ0n) is 69.9. The number of ether oxygens (including phenoxy) is 11. The van der Waals surface area contributed by atoms with Crippen LogP contribution in [0.4, 0.5) is 11.6 Å². The minimum Gasteiger partial charge on any atom is -0.497 e. The number of aromatic nitrogens is 8. The van der Waals surface area contributed by atoms with Crippen LogP contribution < -0.4 is 67.6 Å². The van der Waals surface area contributed by atoms with E-state index in [2.05, 4.69) is 30.6 Å². The van der Waals surface area contributed by atoms with Crippen molar-refractivity contribution in [1.29, 1.82) is 0 Å². The zero-order valence-corrected chi connectivity index (χ0v) is 74.9. The average Bonchev–Trinajstić information content (AvgIpc) is 1.57. The van der Waals surface area contributed by atoms with E-state index in [1.54, 1.807) is 84.9 Å². The highest BCUT2D eigenvalue weighted by molar-refractivity contribution is 7.42. The summed E-state index contributed by atoms with van der Waals surface area (Å²) in [5.41, 5.74) is -3.03. The van der Waals surface area contributed by atoms with Crippen LogP contribution in [0.2, 0.25) is 15.1 Å². The Morgan fingerprint density at radius 3 is 1.29 bits per heavy atom. The number of methoxy groups -OCH3 is 2. The molecule has 10 heterocycles. The van der Waals surface area contributed by atoms with Crippen LogP contribution in [0.25, 0.3) is 0 Å². The zero-order chi connectivity index (χ0) is 94.3. The smallest absolute Gasteiger partial charge is 0.497 e. The number of aliphatic hydroxyl groups excluding tert-OH is 4. The minimum absolute atomic E-state index is 0.0282. The summed E-state index contributed by atoms with van der Waals surface area (Å²) in [7, 11) is -5.64. The van der Waals surface area contributed by atoms with Gasteiger partial charge in [0.2, 0.25) is 17.2 Å². The molecule has 15 rings (SSSR count). The number of para-hydroxylation sites is 3. The number of halogens is 3.